The summed E-state index contributed by atoms with van der Waals surface area (Å²) >= 11 is 0. The van der Waals surface area contributed by atoms with Gasteiger partial charge in [-0.05, 0) is 38.5 Å². The molecule has 6 N–H and O–H groups in total. The Balaban J connectivity index is 1.83. The van der Waals surface area contributed by atoms with Crippen molar-refractivity contribution in [2.24, 2.45) is 4.99 Å². The third-order valence-electron chi connectivity index (χ3n) is 4.83. The van der Waals surface area contributed by atoms with Crippen LogP contribution in [0.5, 0.6) is 0 Å². The number of nitrogens with zero attached hydrogens (tertiary/aromatic N) is 6. The number of rotatable bonds is 1. The summed E-state index contributed by atoms with van der Waals surface area (Å²) in [7, 11) is 0. The Hall–Kier alpha value is -4.84. The molecule has 3 heterocycles. The van der Waals surface area contributed by atoms with Crippen LogP contribution in [0.25, 0.3) is 10.9 Å². The number of benzene rings is 1. The number of nitrogen functional groups attached to an aromatic ring is 2. The van der Waals surface area contributed by atoms with Crippen molar-refractivity contribution >= 4 is 40.3 Å². The van der Waals surface area contributed by atoms with Crippen molar-refractivity contribution in [1.82, 2.24) is 20.1 Å². The Morgan fingerprint density at radius 1 is 1.30 bits per heavy atom. The number of hydrogen-bond acceptors (Lipinski definition) is 11. The van der Waals surface area contributed by atoms with E-state index in [0.29, 0.717) is 22.0 Å². The number of carbonyl (C=O) groups excluding carboxylic acids is 1. The minimum Gasteiger partial charge on any atom is -0.442 e. The molecule has 0 saturated heterocycles. The molecule has 1 aromatic carbocycles. The zero-order valence-electron chi connectivity index (χ0n) is 18.0. The summed E-state index contributed by atoms with van der Waals surface area (Å²) in [4.78, 5) is 21.3. The zero-order valence-corrected chi connectivity index (χ0v) is 18.0. The van der Waals surface area contributed by atoms with Gasteiger partial charge in [0.1, 0.15) is 34.9 Å². The number of ether oxygens (including phenoxy) is 1. The summed E-state index contributed by atoms with van der Waals surface area (Å²) in [6.07, 6.45) is 2.74. The van der Waals surface area contributed by atoms with Gasteiger partial charge in [0, 0.05) is 10.9 Å². The maximum absolute atomic E-state index is 12.5. The van der Waals surface area contributed by atoms with Crippen LogP contribution in [0.3, 0.4) is 0 Å². The predicted molar refractivity (Wildman–Crippen MR) is 121 cm³/mol. The van der Waals surface area contributed by atoms with Crippen LogP contribution in [-0.4, -0.2) is 32.4 Å². The monoisotopic (exact) mass is 444 g/mol. The Morgan fingerprint density at radius 2 is 2.06 bits per heavy atom. The van der Waals surface area contributed by atoms with Crippen molar-refractivity contribution in [1.29, 1.82) is 10.5 Å². The van der Waals surface area contributed by atoms with E-state index < -0.39 is 17.7 Å². The Morgan fingerprint density at radius 3 is 2.73 bits per heavy atom. The number of nitrogens with two attached hydrogens (primary N) is 2. The predicted octanol–water partition coefficient (Wildman–Crippen LogP) is 2.19. The zero-order chi connectivity index (χ0) is 23.9. The third kappa shape index (κ3) is 3.81. The molecule has 166 valence electrons. The Bertz CT molecular complexity index is 1400. The summed E-state index contributed by atoms with van der Waals surface area (Å²) in [5.74, 6) is 0.397. The number of pyridine rings is 1. The second-order valence-corrected chi connectivity index (χ2v) is 8.26. The molecule has 1 aliphatic heterocycles. The summed E-state index contributed by atoms with van der Waals surface area (Å²) in [6.45, 7) is 5.32. The molecule has 0 amide bonds. The number of aromatic nitrogens is 3. The molecule has 1 unspecified atom stereocenters. The van der Waals surface area contributed by atoms with Crippen molar-refractivity contribution in [3.05, 3.63) is 41.1 Å². The highest BCUT2D eigenvalue weighted by Crippen LogP contribution is 2.41. The van der Waals surface area contributed by atoms with E-state index in [1.807, 2.05) is 6.07 Å². The highest BCUT2D eigenvalue weighted by Gasteiger charge is 2.30. The highest BCUT2D eigenvalue weighted by molar-refractivity contribution is 5.98. The van der Waals surface area contributed by atoms with Crippen molar-refractivity contribution in [3.8, 4) is 12.3 Å². The molecule has 0 bridgehead atoms. The van der Waals surface area contributed by atoms with Gasteiger partial charge in [-0.1, -0.05) is 6.07 Å². The average molecular weight is 444 g/mol. The van der Waals surface area contributed by atoms with Gasteiger partial charge in [0.05, 0.1) is 17.4 Å². The standard InChI is InChI=1S/C21H20N10O2/c1-21(2,3)33-20(32)31-13-5-4-10(6-11(13)8-27-31)16-14-15(24)12(7-22)17(25)29-18(14)30-19(28-16)26-9-23/h4-6,8,16H,1-3H3,(H6,24,25,26,28,29,30). The van der Waals surface area contributed by atoms with Gasteiger partial charge in [0.15, 0.2) is 6.19 Å². The fourth-order valence-corrected chi connectivity index (χ4v) is 3.49. The van der Waals surface area contributed by atoms with Crippen molar-refractivity contribution in [2.45, 2.75) is 32.4 Å². The molecule has 2 aromatic heterocycles. The quantitative estimate of drug-likeness (QED) is 0.319. The van der Waals surface area contributed by atoms with Gasteiger partial charge in [0.2, 0.25) is 5.96 Å². The Labute approximate surface area is 188 Å². The SMILES string of the molecule is CC(C)(C)OC(=O)n1ncc2cc(C3N=C(NC#N)Nc4nc(N)c(C#N)c(N)c43)ccc21. The lowest BCUT2D eigenvalue weighted by atomic mass is 9.94. The van der Waals surface area contributed by atoms with E-state index in [0.717, 1.165) is 0 Å². The molecule has 12 heteroatoms. The molecule has 3 aromatic rings. The molecule has 0 saturated carbocycles. The van der Waals surface area contributed by atoms with E-state index in [-0.39, 0.29) is 28.8 Å². The molecule has 4 rings (SSSR count). The smallest absolute Gasteiger partial charge is 0.435 e. The van der Waals surface area contributed by atoms with Gasteiger partial charge in [-0.2, -0.15) is 20.3 Å². The average Bonchev–Trinajstić information content (AvgIpc) is 3.16. The molecule has 1 atom stereocenters. The van der Waals surface area contributed by atoms with E-state index >= 15 is 0 Å². The minimum atomic E-state index is -0.702. The first-order chi connectivity index (χ1) is 15.6. The van der Waals surface area contributed by atoms with E-state index in [2.05, 4.69) is 25.7 Å². The van der Waals surface area contributed by atoms with E-state index in [1.54, 1.807) is 45.2 Å². The number of nitrogens with one attached hydrogen (secondary N) is 2. The fourth-order valence-electron chi connectivity index (χ4n) is 3.49. The lowest BCUT2D eigenvalue weighted by Gasteiger charge is -2.26. The third-order valence-corrected chi connectivity index (χ3v) is 4.83. The van der Waals surface area contributed by atoms with Gasteiger partial charge in [0.25, 0.3) is 0 Å². The number of aliphatic imine (C=N–C) groups is 1. The van der Waals surface area contributed by atoms with Crippen molar-refractivity contribution in [3.63, 3.8) is 0 Å². The van der Waals surface area contributed by atoms with Crippen LogP contribution in [0, 0.1) is 22.8 Å². The van der Waals surface area contributed by atoms with Crippen molar-refractivity contribution < 1.29 is 9.53 Å². The van der Waals surface area contributed by atoms with E-state index in [4.69, 9.17) is 21.5 Å². The van der Waals surface area contributed by atoms with Crippen LogP contribution in [0.4, 0.5) is 22.1 Å². The topological polar surface area (TPSA) is 193 Å². The summed E-state index contributed by atoms with van der Waals surface area (Å²) in [5.41, 5.74) is 13.3. The molecule has 12 nitrogen and oxygen atoms in total. The molecule has 0 radical (unpaired) electrons. The van der Waals surface area contributed by atoms with Crippen LogP contribution < -0.4 is 22.1 Å². The largest absolute Gasteiger partial charge is 0.442 e. The molecular weight excluding hydrogens is 424 g/mol. The van der Waals surface area contributed by atoms with Crippen LogP contribution in [0.15, 0.2) is 29.4 Å². The first kappa shape index (κ1) is 21.4. The van der Waals surface area contributed by atoms with E-state index in [9.17, 15) is 10.1 Å². The maximum atomic E-state index is 12.5. The van der Waals surface area contributed by atoms with Gasteiger partial charge in [-0.15, -0.1) is 0 Å². The highest BCUT2D eigenvalue weighted by atomic mass is 16.6. The number of hydrogen-bond donors (Lipinski definition) is 4. The van der Waals surface area contributed by atoms with Crippen LogP contribution in [-0.2, 0) is 4.74 Å². The molecule has 0 fully saturated rings. The van der Waals surface area contributed by atoms with Gasteiger partial charge >= 0.3 is 6.09 Å². The molecule has 33 heavy (non-hydrogen) atoms. The molecule has 1 aliphatic rings. The second kappa shape index (κ2) is 7.69. The summed E-state index contributed by atoms with van der Waals surface area (Å²) in [6, 6.07) is 6.51. The van der Waals surface area contributed by atoms with Gasteiger partial charge in [-0.25, -0.2) is 14.8 Å². The van der Waals surface area contributed by atoms with Gasteiger partial charge < -0.3 is 21.5 Å². The molecular formula is C21H20N10O2. The second-order valence-electron chi connectivity index (χ2n) is 8.26. The van der Waals surface area contributed by atoms with Gasteiger partial charge in [-0.3, -0.25) is 5.32 Å². The fraction of sp³-hybridized carbons (Fsp3) is 0.238. The lowest BCUT2D eigenvalue weighted by Crippen LogP contribution is -2.32. The number of nitriles is 2. The minimum absolute atomic E-state index is 0.0349. The lowest BCUT2D eigenvalue weighted by molar-refractivity contribution is 0.0522. The molecule has 0 aliphatic carbocycles. The van der Waals surface area contributed by atoms with Crippen LogP contribution >= 0.6 is 0 Å². The van der Waals surface area contributed by atoms with E-state index in [1.165, 1.54) is 10.9 Å². The first-order valence-corrected chi connectivity index (χ1v) is 9.83. The number of guanidine groups is 1. The molecule has 0 spiro atoms. The number of anilines is 3. The first-order valence-electron chi connectivity index (χ1n) is 9.83. The summed E-state index contributed by atoms with van der Waals surface area (Å²) < 4.78 is 6.58. The summed E-state index contributed by atoms with van der Waals surface area (Å²) in [5, 5.41) is 28.6. The number of fused-ring (bicyclic) bond motifs is 2. The van der Waals surface area contributed by atoms with Crippen LogP contribution in [0.2, 0.25) is 0 Å². The Kier molecular flexibility index (Phi) is 4.99. The van der Waals surface area contributed by atoms with Crippen LogP contribution in [0.1, 0.15) is 43.5 Å². The maximum Gasteiger partial charge on any atom is 0.435 e. The number of carbonyl (C=O) groups is 1. The normalized spacial score (nSPS) is 14.9. The van der Waals surface area contributed by atoms with Crippen molar-refractivity contribution in [2.75, 3.05) is 16.8 Å².